The molecule has 9 heteroatoms. The van der Waals surface area contributed by atoms with Gasteiger partial charge in [-0.1, -0.05) is 30.3 Å². The molecular formula is C19H22N2O7. The maximum absolute atomic E-state index is 12.6. The average molecular weight is 390 g/mol. The van der Waals surface area contributed by atoms with Gasteiger partial charge in [0, 0.05) is 6.92 Å². The summed E-state index contributed by atoms with van der Waals surface area (Å²) in [7, 11) is 1.16. The van der Waals surface area contributed by atoms with Gasteiger partial charge in [-0.3, -0.25) is 24.1 Å². The number of hydrogen-bond acceptors (Lipinski definition) is 7. The van der Waals surface area contributed by atoms with E-state index in [0.29, 0.717) is 5.57 Å². The van der Waals surface area contributed by atoms with Crippen molar-refractivity contribution < 1.29 is 33.5 Å². The summed E-state index contributed by atoms with van der Waals surface area (Å²) in [5.74, 6) is -4.29. The highest BCUT2D eigenvalue weighted by Gasteiger charge is 2.57. The maximum Gasteiger partial charge on any atom is 0.354 e. The van der Waals surface area contributed by atoms with E-state index in [0.717, 1.165) is 24.5 Å². The molecule has 9 nitrogen and oxygen atoms in total. The van der Waals surface area contributed by atoms with E-state index in [2.05, 4.69) is 10.2 Å². The van der Waals surface area contributed by atoms with Crippen LogP contribution in [0.1, 0.15) is 26.3 Å². The number of esters is 2. The Morgan fingerprint density at radius 3 is 2.29 bits per heavy atom. The summed E-state index contributed by atoms with van der Waals surface area (Å²) in [4.78, 5) is 54.5. The lowest BCUT2D eigenvalue weighted by atomic mass is 9.93. The van der Waals surface area contributed by atoms with Crippen molar-refractivity contribution in [3.05, 3.63) is 47.2 Å². The molecule has 0 radical (unpaired) electrons. The first-order valence-electron chi connectivity index (χ1n) is 8.49. The Bertz CT molecular complexity index is 800. The van der Waals surface area contributed by atoms with Crippen LogP contribution in [0.25, 0.3) is 0 Å². The van der Waals surface area contributed by atoms with Gasteiger partial charge in [0.05, 0.1) is 13.7 Å². The number of benzene rings is 1. The first-order chi connectivity index (χ1) is 13.3. The van der Waals surface area contributed by atoms with E-state index >= 15 is 0 Å². The number of carbonyl (C=O) groups is 4. The second kappa shape index (κ2) is 9.14. The highest BCUT2D eigenvalue weighted by Crippen LogP contribution is 2.34. The Balaban J connectivity index is 2.11. The third kappa shape index (κ3) is 4.55. The van der Waals surface area contributed by atoms with Crippen LogP contribution in [0.15, 0.2) is 41.6 Å². The molecule has 2 atom stereocenters. The molecule has 0 aromatic heterocycles. The number of carbonyl (C=O) groups excluding carboxylic acids is 4. The predicted octanol–water partition coefficient (Wildman–Crippen LogP) is 1.05. The van der Waals surface area contributed by atoms with Crippen LogP contribution in [0.4, 0.5) is 0 Å². The SMILES string of the molecule is COC(=O)C(=C(C)C)N1C(=O)[C@@H](C(=O)NOCc2ccccc2)[C@@H]1OC(C)=O. The van der Waals surface area contributed by atoms with Crippen molar-refractivity contribution in [1.29, 1.82) is 0 Å². The van der Waals surface area contributed by atoms with Crippen LogP contribution >= 0.6 is 0 Å². The molecule has 1 aliphatic heterocycles. The highest BCUT2D eigenvalue weighted by atomic mass is 16.7. The largest absolute Gasteiger partial charge is 0.464 e. The molecule has 1 N–H and O–H groups in total. The highest BCUT2D eigenvalue weighted by molar-refractivity contribution is 6.09. The molecule has 2 rings (SSSR count). The number of hydroxylamine groups is 1. The molecule has 1 aromatic rings. The van der Waals surface area contributed by atoms with E-state index < -0.39 is 35.9 Å². The van der Waals surface area contributed by atoms with Crippen molar-refractivity contribution in [3.8, 4) is 0 Å². The second-order valence-electron chi connectivity index (χ2n) is 6.27. The molecule has 0 spiro atoms. The smallest absolute Gasteiger partial charge is 0.354 e. The van der Waals surface area contributed by atoms with Gasteiger partial charge in [-0.05, 0) is 25.0 Å². The molecule has 1 fully saturated rings. The van der Waals surface area contributed by atoms with Crippen LogP contribution in [0.3, 0.4) is 0 Å². The fourth-order valence-corrected chi connectivity index (χ4v) is 2.70. The minimum Gasteiger partial charge on any atom is -0.464 e. The van der Waals surface area contributed by atoms with Gasteiger partial charge in [0.2, 0.25) is 12.1 Å². The standard InChI is InChI=1S/C19H22N2O7/c1-11(2)15(19(25)26-4)21-17(24)14(18(21)28-12(3)22)16(23)20-27-10-13-8-6-5-7-9-13/h5-9,14,18H,10H2,1-4H3,(H,20,23)/t14-,18+/m1/s1. The fraction of sp³-hybridized carbons (Fsp3) is 0.368. The number of allylic oxidation sites excluding steroid dienone is 1. The van der Waals surface area contributed by atoms with E-state index in [4.69, 9.17) is 9.57 Å². The van der Waals surface area contributed by atoms with Gasteiger partial charge in [-0.25, -0.2) is 10.3 Å². The molecule has 1 saturated heterocycles. The number of rotatable bonds is 7. The molecule has 0 unspecified atom stereocenters. The molecule has 1 aliphatic rings. The maximum atomic E-state index is 12.6. The van der Waals surface area contributed by atoms with E-state index in [1.165, 1.54) is 0 Å². The van der Waals surface area contributed by atoms with Crippen molar-refractivity contribution in [3.63, 3.8) is 0 Å². The van der Waals surface area contributed by atoms with Crippen molar-refractivity contribution >= 4 is 23.8 Å². The Kier molecular flexibility index (Phi) is 6.89. The number of ether oxygens (including phenoxy) is 2. The van der Waals surface area contributed by atoms with Crippen molar-refractivity contribution in [1.82, 2.24) is 10.4 Å². The number of hydrogen-bond donors (Lipinski definition) is 1. The van der Waals surface area contributed by atoms with E-state index in [1.807, 2.05) is 30.3 Å². The number of β-lactam (4-membered cyclic amide) rings is 1. The van der Waals surface area contributed by atoms with Crippen LogP contribution in [0, 0.1) is 5.92 Å². The lowest BCUT2D eigenvalue weighted by Crippen LogP contribution is -2.67. The van der Waals surface area contributed by atoms with Gasteiger partial charge >= 0.3 is 11.9 Å². The Morgan fingerprint density at radius 1 is 1.11 bits per heavy atom. The lowest BCUT2D eigenvalue weighted by Gasteiger charge is -2.44. The van der Waals surface area contributed by atoms with Gasteiger partial charge < -0.3 is 9.47 Å². The first-order valence-corrected chi connectivity index (χ1v) is 8.49. The Labute approximate surface area is 162 Å². The van der Waals surface area contributed by atoms with Crippen LogP contribution in [-0.2, 0) is 40.1 Å². The van der Waals surface area contributed by atoms with E-state index in [-0.39, 0.29) is 12.3 Å². The summed E-state index contributed by atoms with van der Waals surface area (Å²) in [5, 5.41) is 0. The number of methoxy groups -OCH3 is 1. The molecule has 1 heterocycles. The van der Waals surface area contributed by atoms with Gasteiger partial charge in [-0.2, -0.15) is 0 Å². The third-order valence-corrected chi connectivity index (χ3v) is 3.96. The van der Waals surface area contributed by atoms with Gasteiger partial charge in [0.1, 0.15) is 5.70 Å². The zero-order valence-electron chi connectivity index (χ0n) is 16.1. The van der Waals surface area contributed by atoms with E-state index in [9.17, 15) is 19.2 Å². The topological polar surface area (TPSA) is 111 Å². The average Bonchev–Trinajstić information content (AvgIpc) is 2.65. The minimum absolute atomic E-state index is 0.0759. The molecule has 0 aliphatic carbocycles. The predicted molar refractivity (Wildman–Crippen MR) is 95.7 cm³/mol. The Morgan fingerprint density at radius 2 is 1.75 bits per heavy atom. The summed E-state index contributed by atoms with van der Waals surface area (Å²) in [5.41, 5.74) is 3.40. The van der Waals surface area contributed by atoms with Crippen LogP contribution in [0.2, 0.25) is 0 Å². The number of likely N-dealkylation sites (tertiary alicyclic amines) is 1. The molecule has 150 valence electrons. The number of nitrogens with zero attached hydrogens (tertiary/aromatic N) is 1. The molecule has 28 heavy (non-hydrogen) atoms. The summed E-state index contributed by atoms with van der Waals surface area (Å²) in [6.45, 7) is 4.43. The number of nitrogens with one attached hydrogen (secondary N) is 1. The summed E-state index contributed by atoms with van der Waals surface area (Å²) in [6, 6.07) is 9.09. The van der Waals surface area contributed by atoms with Crippen LogP contribution in [0.5, 0.6) is 0 Å². The summed E-state index contributed by atoms with van der Waals surface area (Å²) >= 11 is 0. The monoisotopic (exact) mass is 390 g/mol. The molecule has 2 amide bonds. The van der Waals surface area contributed by atoms with Gasteiger partial charge in [-0.15, -0.1) is 0 Å². The summed E-state index contributed by atoms with van der Waals surface area (Å²) < 4.78 is 9.79. The molecule has 1 aromatic carbocycles. The normalized spacial score (nSPS) is 18.0. The molecular weight excluding hydrogens is 368 g/mol. The molecule has 0 bridgehead atoms. The zero-order chi connectivity index (χ0) is 20.8. The third-order valence-electron chi connectivity index (χ3n) is 3.96. The van der Waals surface area contributed by atoms with Crippen LogP contribution < -0.4 is 5.48 Å². The quantitative estimate of drug-likeness (QED) is 0.243. The van der Waals surface area contributed by atoms with Crippen molar-refractivity contribution in [2.45, 2.75) is 33.6 Å². The summed E-state index contributed by atoms with van der Waals surface area (Å²) in [6.07, 6.45) is -1.27. The van der Waals surface area contributed by atoms with E-state index in [1.54, 1.807) is 13.8 Å². The zero-order valence-corrected chi connectivity index (χ0v) is 16.1. The lowest BCUT2D eigenvalue weighted by molar-refractivity contribution is -0.198. The van der Waals surface area contributed by atoms with Crippen LogP contribution in [-0.4, -0.2) is 42.0 Å². The molecule has 0 saturated carbocycles. The van der Waals surface area contributed by atoms with Gasteiger partial charge in [0.15, 0.2) is 5.92 Å². The Hall–Kier alpha value is -3.20. The van der Waals surface area contributed by atoms with Gasteiger partial charge in [0.25, 0.3) is 5.91 Å². The van der Waals surface area contributed by atoms with Crippen molar-refractivity contribution in [2.24, 2.45) is 5.92 Å². The first kappa shape index (κ1) is 21.1. The fourth-order valence-electron chi connectivity index (χ4n) is 2.70. The van der Waals surface area contributed by atoms with Crippen molar-refractivity contribution in [2.75, 3.05) is 7.11 Å². The second-order valence-corrected chi connectivity index (χ2v) is 6.27. The minimum atomic E-state index is -1.33. The number of amides is 2.